The van der Waals surface area contributed by atoms with Crippen LogP contribution in [0.3, 0.4) is 0 Å². The summed E-state index contributed by atoms with van der Waals surface area (Å²) < 4.78 is 24.6. The molecule has 0 aliphatic carbocycles. The zero-order valence-electron chi connectivity index (χ0n) is 10.9. The second-order valence-corrected chi connectivity index (χ2v) is 5.44. The van der Waals surface area contributed by atoms with Gasteiger partial charge >= 0.3 is 0 Å². The van der Waals surface area contributed by atoms with Crippen LogP contribution in [0.1, 0.15) is 23.2 Å². The third kappa shape index (κ3) is 2.53. The van der Waals surface area contributed by atoms with Crippen molar-refractivity contribution in [3.8, 4) is 0 Å². The summed E-state index contributed by atoms with van der Waals surface area (Å²) in [6.45, 7) is 2.30. The van der Waals surface area contributed by atoms with Crippen LogP contribution in [-0.2, 0) is 9.47 Å². The fraction of sp³-hybridized carbons (Fsp3) is 0.500. The SMILES string of the molecule is O=C(c1ccc(Cl)c(F)c1)N1CCC2(CC1)OCCO2. The average Bonchev–Trinajstić information content (AvgIpc) is 2.90. The van der Waals surface area contributed by atoms with E-state index in [0.717, 1.165) is 0 Å². The number of piperidine rings is 1. The number of rotatable bonds is 1. The molecule has 0 N–H and O–H groups in total. The van der Waals surface area contributed by atoms with Gasteiger partial charge in [0.2, 0.25) is 0 Å². The van der Waals surface area contributed by atoms with Gasteiger partial charge in [0, 0.05) is 31.5 Å². The van der Waals surface area contributed by atoms with Gasteiger partial charge in [0.15, 0.2) is 5.79 Å². The topological polar surface area (TPSA) is 38.8 Å². The maximum Gasteiger partial charge on any atom is 0.253 e. The first-order valence-corrected chi connectivity index (χ1v) is 7.00. The zero-order valence-corrected chi connectivity index (χ0v) is 11.7. The van der Waals surface area contributed by atoms with Crippen molar-refractivity contribution in [3.63, 3.8) is 0 Å². The zero-order chi connectivity index (χ0) is 14.2. The van der Waals surface area contributed by atoms with E-state index in [0.29, 0.717) is 44.7 Å². The molecule has 2 aliphatic rings. The summed E-state index contributed by atoms with van der Waals surface area (Å²) in [5.41, 5.74) is 0.316. The van der Waals surface area contributed by atoms with Crippen molar-refractivity contribution >= 4 is 17.5 Å². The van der Waals surface area contributed by atoms with Gasteiger partial charge in [0.05, 0.1) is 18.2 Å². The molecule has 3 rings (SSSR count). The summed E-state index contributed by atoms with van der Waals surface area (Å²) in [7, 11) is 0. The van der Waals surface area contributed by atoms with Crippen molar-refractivity contribution in [1.82, 2.24) is 4.90 Å². The van der Waals surface area contributed by atoms with E-state index in [1.165, 1.54) is 12.1 Å². The lowest BCUT2D eigenvalue weighted by molar-refractivity contribution is -0.181. The van der Waals surface area contributed by atoms with Crippen LogP contribution in [0, 0.1) is 5.82 Å². The molecule has 0 unspecified atom stereocenters. The van der Waals surface area contributed by atoms with Crippen molar-refractivity contribution in [2.24, 2.45) is 0 Å². The molecule has 0 radical (unpaired) electrons. The van der Waals surface area contributed by atoms with Crippen molar-refractivity contribution in [3.05, 3.63) is 34.6 Å². The second kappa shape index (κ2) is 5.31. The molecule has 108 valence electrons. The van der Waals surface area contributed by atoms with Gasteiger partial charge in [-0.15, -0.1) is 0 Å². The Labute approximate surface area is 121 Å². The van der Waals surface area contributed by atoms with Crippen LogP contribution < -0.4 is 0 Å². The first-order valence-electron chi connectivity index (χ1n) is 6.62. The summed E-state index contributed by atoms with van der Waals surface area (Å²) in [5.74, 6) is -1.27. The lowest BCUT2D eigenvalue weighted by Crippen LogP contribution is -2.47. The molecule has 1 spiro atoms. The van der Waals surface area contributed by atoms with E-state index in [1.54, 1.807) is 11.0 Å². The molecule has 20 heavy (non-hydrogen) atoms. The van der Waals surface area contributed by atoms with Crippen LogP contribution in [0.5, 0.6) is 0 Å². The number of carbonyl (C=O) groups excluding carboxylic acids is 1. The van der Waals surface area contributed by atoms with Crippen molar-refractivity contribution in [2.75, 3.05) is 26.3 Å². The number of halogens is 2. The summed E-state index contributed by atoms with van der Waals surface area (Å²) in [6.07, 6.45) is 1.30. The summed E-state index contributed by atoms with van der Waals surface area (Å²) >= 11 is 5.62. The van der Waals surface area contributed by atoms with Crippen molar-refractivity contribution in [2.45, 2.75) is 18.6 Å². The maximum atomic E-state index is 13.4. The van der Waals surface area contributed by atoms with Gasteiger partial charge in [-0.1, -0.05) is 11.6 Å². The van der Waals surface area contributed by atoms with Gasteiger partial charge in [-0.05, 0) is 18.2 Å². The van der Waals surface area contributed by atoms with Crippen LogP contribution in [0.15, 0.2) is 18.2 Å². The number of nitrogens with zero attached hydrogens (tertiary/aromatic N) is 1. The molecule has 2 heterocycles. The molecule has 4 nitrogen and oxygen atoms in total. The van der Waals surface area contributed by atoms with Crippen LogP contribution in [-0.4, -0.2) is 42.9 Å². The number of ether oxygens (including phenoxy) is 2. The highest BCUT2D eigenvalue weighted by atomic mass is 35.5. The first-order chi connectivity index (χ1) is 9.60. The number of hydrogen-bond donors (Lipinski definition) is 0. The molecule has 1 aromatic rings. The van der Waals surface area contributed by atoms with E-state index in [4.69, 9.17) is 21.1 Å². The van der Waals surface area contributed by atoms with Gasteiger partial charge in [-0.25, -0.2) is 4.39 Å². The van der Waals surface area contributed by atoms with Gasteiger partial charge in [0.1, 0.15) is 5.82 Å². The molecular formula is C14H15ClFNO3. The molecule has 2 aliphatic heterocycles. The Morgan fingerprint density at radius 2 is 1.90 bits per heavy atom. The molecule has 1 aromatic carbocycles. The molecule has 0 bridgehead atoms. The van der Waals surface area contributed by atoms with E-state index >= 15 is 0 Å². The van der Waals surface area contributed by atoms with E-state index in [1.807, 2.05) is 0 Å². The number of amides is 1. The van der Waals surface area contributed by atoms with E-state index in [9.17, 15) is 9.18 Å². The molecular weight excluding hydrogens is 285 g/mol. The maximum absolute atomic E-state index is 13.4. The minimum Gasteiger partial charge on any atom is -0.347 e. The van der Waals surface area contributed by atoms with Gasteiger partial charge in [0.25, 0.3) is 5.91 Å². The third-order valence-corrected chi connectivity index (χ3v) is 4.10. The smallest absolute Gasteiger partial charge is 0.253 e. The van der Waals surface area contributed by atoms with E-state index < -0.39 is 11.6 Å². The Morgan fingerprint density at radius 1 is 1.25 bits per heavy atom. The summed E-state index contributed by atoms with van der Waals surface area (Å²) in [6, 6.07) is 4.12. The fourth-order valence-corrected chi connectivity index (χ4v) is 2.77. The normalized spacial score (nSPS) is 21.4. The Kier molecular flexibility index (Phi) is 3.67. The predicted molar refractivity (Wildman–Crippen MR) is 71.2 cm³/mol. The van der Waals surface area contributed by atoms with Gasteiger partial charge < -0.3 is 14.4 Å². The Hall–Kier alpha value is -1.17. The molecule has 0 aromatic heterocycles. The standard InChI is InChI=1S/C14H15ClFNO3/c15-11-2-1-10(9-12(11)16)13(18)17-5-3-14(4-6-17)19-7-8-20-14/h1-2,9H,3-8H2. The fourth-order valence-electron chi connectivity index (χ4n) is 2.65. The van der Waals surface area contributed by atoms with Gasteiger partial charge in [-0.3, -0.25) is 4.79 Å². The minimum absolute atomic E-state index is 0.0203. The molecule has 1 amide bonds. The van der Waals surface area contributed by atoms with E-state index in [2.05, 4.69) is 0 Å². The van der Waals surface area contributed by atoms with Crippen LogP contribution >= 0.6 is 11.6 Å². The third-order valence-electron chi connectivity index (χ3n) is 3.79. The van der Waals surface area contributed by atoms with E-state index in [-0.39, 0.29) is 10.9 Å². The predicted octanol–water partition coefficient (Wildman–Crippen LogP) is 2.46. The summed E-state index contributed by atoms with van der Waals surface area (Å²) in [4.78, 5) is 14.0. The van der Waals surface area contributed by atoms with Crippen LogP contribution in [0.25, 0.3) is 0 Å². The number of hydrogen-bond acceptors (Lipinski definition) is 3. The largest absolute Gasteiger partial charge is 0.347 e. The quantitative estimate of drug-likeness (QED) is 0.799. The van der Waals surface area contributed by atoms with Gasteiger partial charge in [-0.2, -0.15) is 0 Å². The van der Waals surface area contributed by atoms with Crippen LogP contribution in [0.4, 0.5) is 4.39 Å². The summed E-state index contributed by atoms with van der Waals surface area (Å²) in [5, 5.41) is 0.0203. The second-order valence-electron chi connectivity index (χ2n) is 5.03. The van der Waals surface area contributed by atoms with Crippen molar-refractivity contribution in [1.29, 1.82) is 0 Å². The lowest BCUT2D eigenvalue weighted by atomic mass is 10.0. The number of benzene rings is 1. The monoisotopic (exact) mass is 299 g/mol. The Bertz CT molecular complexity index is 521. The average molecular weight is 300 g/mol. The Morgan fingerprint density at radius 3 is 2.50 bits per heavy atom. The molecule has 6 heteroatoms. The highest BCUT2D eigenvalue weighted by molar-refractivity contribution is 6.30. The lowest BCUT2D eigenvalue weighted by Gasteiger charge is -2.37. The highest BCUT2D eigenvalue weighted by Gasteiger charge is 2.40. The molecule has 0 saturated carbocycles. The first kappa shape index (κ1) is 13.8. The molecule has 0 atom stereocenters. The number of likely N-dealkylation sites (tertiary alicyclic amines) is 1. The van der Waals surface area contributed by atoms with Crippen LogP contribution in [0.2, 0.25) is 5.02 Å². The van der Waals surface area contributed by atoms with Crippen molar-refractivity contribution < 1.29 is 18.7 Å². The Balaban J connectivity index is 1.68. The highest BCUT2D eigenvalue weighted by Crippen LogP contribution is 2.31. The number of carbonyl (C=O) groups is 1. The molecule has 2 fully saturated rings. The minimum atomic E-state index is -0.576. The molecule has 2 saturated heterocycles.